The molecule has 0 rings (SSSR count). The second-order valence-electron chi connectivity index (χ2n) is 7.47. The number of aliphatic hydroxyl groups excluding tert-OH is 1. The Kier molecular flexibility index (Phi) is 7.42. The van der Waals surface area contributed by atoms with Crippen LogP contribution in [-0.2, 0) is 0 Å². The average molecular weight is 272 g/mol. The maximum Gasteiger partial charge on any atom is 0.315 e. The smallest absolute Gasteiger partial charge is 0.315 e. The van der Waals surface area contributed by atoms with Gasteiger partial charge in [-0.05, 0) is 37.0 Å². The van der Waals surface area contributed by atoms with Gasteiger partial charge >= 0.3 is 6.03 Å². The van der Waals surface area contributed by atoms with Crippen LogP contribution in [0.25, 0.3) is 0 Å². The van der Waals surface area contributed by atoms with Crippen LogP contribution in [0, 0.1) is 10.8 Å². The zero-order valence-electron chi connectivity index (χ0n) is 13.5. The molecule has 3 N–H and O–H groups in total. The van der Waals surface area contributed by atoms with Crippen LogP contribution in [-0.4, -0.2) is 30.3 Å². The van der Waals surface area contributed by atoms with Crippen LogP contribution in [0.2, 0.25) is 0 Å². The van der Waals surface area contributed by atoms with E-state index in [0.717, 1.165) is 12.8 Å². The van der Waals surface area contributed by atoms with Crippen molar-refractivity contribution in [2.75, 3.05) is 13.2 Å². The normalized spacial score (nSPS) is 14.1. The number of urea groups is 1. The molecule has 4 heteroatoms. The van der Waals surface area contributed by atoms with Crippen LogP contribution in [0.4, 0.5) is 4.79 Å². The van der Waals surface area contributed by atoms with E-state index in [1.807, 2.05) is 20.8 Å². The Morgan fingerprint density at radius 2 is 1.74 bits per heavy atom. The van der Waals surface area contributed by atoms with Crippen molar-refractivity contribution in [1.82, 2.24) is 10.6 Å². The first-order valence-corrected chi connectivity index (χ1v) is 7.21. The number of amides is 2. The maximum absolute atomic E-state index is 11.7. The van der Waals surface area contributed by atoms with Crippen LogP contribution in [0.3, 0.4) is 0 Å². The molecular weight excluding hydrogens is 240 g/mol. The van der Waals surface area contributed by atoms with E-state index in [2.05, 4.69) is 31.4 Å². The average Bonchev–Trinajstić information content (AvgIpc) is 2.23. The van der Waals surface area contributed by atoms with E-state index in [0.29, 0.717) is 18.4 Å². The molecule has 2 amide bonds. The summed E-state index contributed by atoms with van der Waals surface area (Å²) < 4.78 is 0. The van der Waals surface area contributed by atoms with E-state index in [9.17, 15) is 4.79 Å². The summed E-state index contributed by atoms with van der Waals surface area (Å²) in [5, 5.41) is 14.8. The summed E-state index contributed by atoms with van der Waals surface area (Å²) in [6.45, 7) is 13.4. The zero-order valence-corrected chi connectivity index (χ0v) is 13.5. The Labute approximate surface area is 118 Å². The number of carbonyl (C=O) groups excluding carboxylic acids is 1. The Balaban J connectivity index is 3.91. The second kappa shape index (κ2) is 7.73. The highest BCUT2D eigenvalue weighted by atomic mass is 16.3. The molecule has 0 heterocycles. The lowest BCUT2D eigenvalue weighted by molar-refractivity contribution is 0.200. The van der Waals surface area contributed by atoms with Gasteiger partial charge in [-0.2, -0.15) is 0 Å². The highest BCUT2D eigenvalue weighted by molar-refractivity contribution is 5.74. The predicted molar refractivity (Wildman–Crippen MR) is 80.2 cm³/mol. The monoisotopic (exact) mass is 272 g/mol. The van der Waals surface area contributed by atoms with E-state index in [1.165, 1.54) is 0 Å². The summed E-state index contributed by atoms with van der Waals surface area (Å²) in [6, 6.07) is 0.0626. The first kappa shape index (κ1) is 18.2. The van der Waals surface area contributed by atoms with Crippen molar-refractivity contribution < 1.29 is 9.90 Å². The molecule has 0 saturated heterocycles. The van der Waals surface area contributed by atoms with Gasteiger partial charge in [-0.15, -0.1) is 0 Å². The van der Waals surface area contributed by atoms with E-state index >= 15 is 0 Å². The van der Waals surface area contributed by atoms with Crippen molar-refractivity contribution in [2.24, 2.45) is 10.8 Å². The van der Waals surface area contributed by atoms with Gasteiger partial charge in [-0.1, -0.05) is 34.6 Å². The lowest BCUT2D eigenvalue weighted by Crippen LogP contribution is -2.44. The molecule has 0 spiro atoms. The molecule has 0 aromatic rings. The van der Waals surface area contributed by atoms with Gasteiger partial charge in [-0.25, -0.2) is 4.79 Å². The molecule has 0 aliphatic carbocycles. The second-order valence-corrected chi connectivity index (χ2v) is 7.47. The van der Waals surface area contributed by atoms with E-state index in [4.69, 9.17) is 5.11 Å². The largest absolute Gasteiger partial charge is 0.396 e. The molecule has 0 aromatic carbocycles. The molecule has 1 atom stereocenters. The molecule has 0 fully saturated rings. The summed E-state index contributed by atoms with van der Waals surface area (Å²) in [7, 11) is 0. The van der Waals surface area contributed by atoms with E-state index < -0.39 is 0 Å². The zero-order chi connectivity index (χ0) is 15.1. The summed E-state index contributed by atoms with van der Waals surface area (Å²) in [5.41, 5.74) is 0.232. The third-order valence-electron chi connectivity index (χ3n) is 3.22. The quantitative estimate of drug-likeness (QED) is 0.667. The Hall–Kier alpha value is -0.770. The molecule has 1 unspecified atom stereocenters. The molecule has 0 saturated carbocycles. The lowest BCUT2D eigenvalue weighted by atomic mass is 9.89. The topological polar surface area (TPSA) is 61.4 Å². The van der Waals surface area contributed by atoms with Crippen molar-refractivity contribution in [3.8, 4) is 0 Å². The minimum atomic E-state index is -0.118. The number of aliphatic hydroxyl groups is 1. The van der Waals surface area contributed by atoms with E-state index in [1.54, 1.807) is 0 Å². The minimum Gasteiger partial charge on any atom is -0.396 e. The summed E-state index contributed by atoms with van der Waals surface area (Å²) in [5.74, 6) is 0. The third kappa shape index (κ3) is 10.8. The van der Waals surface area contributed by atoms with Crippen LogP contribution in [0.15, 0.2) is 0 Å². The number of rotatable bonds is 7. The Bertz CT molecular complexity index is 270. The molecule has 0 bridgehead atoms. The number of nitrogens with one attached hydrogen (secondary N) is 2. The van der Waals surface area contributed by atoms with Gasteiger partial charge in [0.1, 0.15) is 0 Å². The minimum absolute atomic E-state index is 0.0687. The summed E-state index contributed by atoms with van der Waals surface area (Å²) in [6.07, 6.45) is 2.76. The van der Waals surface area contributed by atoms with Crippen LogP contribution < -0.4 is 10.6 Å². The highest BCUT2D eigenvalue weighted by Crippen LogP contribution is 2.21. The summed E-state index contributed by atoms with van der Waals surface area (Å²) in [4.78, 5) is 11.7. The number of carbonyl (C=O) groups is 1. The van der Waals surface area contributed by atoms with E-state index in [-0.39, 0.29) is 24.1 Å². The number of hydrogen-bond donors (Lipinski definition) is 3. The predicted octanol–water partition coefficient (Wildman–Crippen LogP) is 2.91. The molecule has 0 aliphatic heterocycles. The molecular formula is C15H32N2O2. The fourth-order valence-electron chi connectivity index (χ4n) is 1.71. The van der Waals surface area contributed by atoms with Crippen LogP contribution >= 0.6 is 0 Å². The molecule has 19 heavy (non-hydrogen) atoms. The molecule has 4 nitrogen and oxygen atoms in total. The van der Waals surface area contributed by atoms with Gasteiger partial charge in [0, 0.05) is 19.2 Å². The molecule has 114 valence electrons. The Morgan fingerprint density at radius 3 is 2.21 bits per heavy atom. The van der Waals surface area contributed by atoms with Crippen molar-refractivity contribution in [1.29, 1.82) is 0 Å². The lowest BCUT2D eigenvalue weighted by Gasteiger charge is -2.25. The highest BCUT2D eigenvalue weighted by Gasteiger charge is 2.19. The molecule has 0 radical (unpaired) electrons. The fraction of sp³-hybridized carbons (Fsp3) is 0.933. The first-order chi connectivity index (χ1) is 8.56. The SMILES string of the molecule is CC(CCC(C)(C)C)NC(=O)NCC(C)(C)CCO. The van der Waals surface area contributed by atoms with Crippen molar-refractivity contribution in [3.63, 3.8) is 0 Å². The standard InChI is InChI=1S/C15H32N2O2/c1-12(7-8-14(2,3)4)17-13(19)16-11-15(5,6)9-10-18/h12,18H,7-11H2,1-6H3,(H2,16,17,19). The van der Waals surface area contributed by atoms with Gasteiger partial charge in [-0.3, -0.25) is 0 Å². The fourth-order valence-corrected chi connectivity index (χ4v) is 1.71. The van der Waals surface area contributed by atoms with Gasteiger partial charge in [0.15, 0.2) is 0 Å². The van der Waals surface area contributed by atoms with Crippen molar-refractivity contribution in [3.05, 3.63) is 0 Å². The van der Waals surface area contributed by atoms with Gasteiger partial charge in [0.2, 0.25) is 0 Å². The number of hydrogen-bond acceptors (Lipinski definition) is 2. The van der Waals surface area contributed by atoms with Crippen LogP contribution in [0.1, 0.15) is 60.8 Å². The summed E-state index contributed by atoms with van der Waals surface area (Å²) >= 11 is 0. The van der Waals surface area contributed by atoms with Crippen molar-refractivity contribution in [2.45, 2.75) is 66.8 Å². The van der Waals surface area contributed by atoms with Gasteiger partial charge in [0.05, 0.1) is 0 Å². The van der Waals surface area contributed by atoms with Gasteiger partial charge < -0.3 is 15.7 Å². The molecule has 0 aliphatic rings. The van der Waals surface area contributed by atoms with Crippen LogP contribution in [0.5, 0.6) is 0 Å². The Morgan fingerprint density at radius 1 is 1.16 bits per heavy atom. The van der Waals surface area contributed by atoms with Gasteiger partial charge in [0.25, 0.3) is 0 Å². The maximum atomic E-state index is 11.7. The first-order valence-electron chi connectivity index (χ1n) is 7.21. The van der Waals surface area contributed by atoms with Crippen molar-refractivity contribution >= 4 is 6.03 Å². The third-order valence-corrected chi connectivity index (χ3v) is 3.22. The molecule has 0 aromatic heterocycles.